The van der Waals surface area contributed by atoms with E-state index in [4.69, 9.17) is 9.31 Å². The molecule has 0 radical (unpaired) electrons. The number of benzene rings is 10. The van der Waals surface area contributed by atoms with Crippen LogP contribution < -0.4 is 47.0 Å². The minimum absolute atomic E-state index is 0.192. The average molecular weight is 1270 g/mol. The number of hydrogen-bond acceptors (Lipinski definition) is 2. The third-order valence-electron chi connectivity index (χ3n) is 14.5. The lowest BCUT2D eigenvalue weighted by Crippen LogP contribution is -2.74. The molecule has 1 heterocycles. The smallest absolute Gasteiger partial charge is 0.399 e. The summed E-state index contributed by atoms with van der Waals surface area (Å²) in [5, 5.41) is 10.8. The van der Waals surface area contributed by atoms with Crippen molar-refractivity contribution in [3.8, 4) is 11.1 Å². The predicted molar refractivity (Wildman–Crippen MR) is 336 cm³/mol. The quantitative estimate of drug-likeness (QED) is 0.0588. The van der Waals surface area contributed by atoms with Crippen molar-refractivity contribution in [1.82, 2.24) is 0 Å². The molecule has 378 valence electrons. The summed E-state index contributed by atoms with van der Waals surface area (Å²) in [5.41, 5.74) is 2.19. The van der Waals surface area contributed by atoms with Crippen LogP contribution in [-0.2, 0) is 9.31 Å². The Bertz CT molecular complexity index is 3270. The van der Waals surface area contributed by atoms with Crippen LogP contribution in [0.2, 0.25) is 0 Å². The first-order valence-corrected chi connectivity index (χ1v) is 31.9. The van der Waals surface area contributed by atoms with E-state index >= 15 is 0 Å². The molecule has 0 aliphatic carbocycles. The molecule has 2 nitrogen and oxygen atoms in total. The van der Waals surface area contributed by atoms with Gasteiger partial charge >= 0.3 is 7.12 Å². The molecule has 1 aliphatic rings. The van der Waals surface area contributed by atoms with E-state index in [1.54, 1.807) is 18.2 Å². The van der Waals surface area contributed by atoms with E-state index in [9.17, 15) is 8.78 Å². The Balaban J connectivity index is 0.000000160. The van der Waals surface area contributed by atoms with Crippen molar-refractivity contribution in [1.29, 1.82) is 0 Å². The van der Waals surface area contributed by atoms with Gasteiger partial charge in [0.2, 0.25) is 0 Å². The molecule has 0 aromatic heterocycles. The van der Waals surface area contributed by atoms with Gasteiger partial charge in [0.15, 0.2) is 16.1 Å². The molecule has 0 N–H and O–H groups in total. The lowest BCUT2D eigenvalue weighted by Gasteiger charge is -2.34. The summed E-state index contributed by atoms with van der Waals surface area (Å²) in [6.07, 6.45) is 0. The molecule has 0 amide bonds. The molecule has 1 aliphatic heterocycles. The van der Waals surface area contributed by atoms with Gasteiger partial charge in [-0.3, -0.25) is 0 Å². The van der Waals surface area contributed by atoms with Crippen LogP contribution in [0.25, 0.3) is 11.1 Å². The Hall–Kier alpha value is -5.83. The Kier molecular flexibility index (Phi) is 17.5. The SMILES string of the molecule is CC1(C)OB(c2ccc([Si](c3ccccc3)(c3ccccc3)c3ccccc3)cc2)OC1(C)C.Fc1ccc(Br)c(-c2ccc([Si](c3ccccc3)(c3ccccc3)c3ccccc3)cc2)c1.Fc1ccc(Br)c(I)c1. The first-order chi connectivity index (χ1) is 36.7. The highest BCUT2D eigenvalue weighted by Crippen LogP contribution is 2.36. The van der Waals surface area contributed by atoms with Gasteiger partial charge < -0.3 is 9.31 Å². The topological polar surface area (TPSA) is 18.5 Å². The average Bonchev–Trinajstić information content (AvgIpc) is 3.71. The van der Waals surface area contributed by atoms with Crippen LogP contribution in [0.15, 0.2) is 276 Å². The molecule has 10 aromatic rings. The Morgan fingerprint density at radius 1 is 0.368 bits per heavy atom. The maximum Gasteiger partial charge on any atom is 0.494 e. The molecular formula is C66H56BBr2F2IO2Si2. The van der Waals surface area contributed by atoms with Crippen molar-refractivity contribution in [2.45, 2.75) is 38.9 Å². The maximum atomic E-state index is 14.0. The number of halogens is 5. The van der Waals surface area contributed by atoms with Crippen LogP contribution in [0.4, 0.5) is 8.78 Å². The molecule has 0 atom stereocenters. The minimum Gasteiger partial charge on any atom is -0.399 e. The van der Waals surface area contributed by atoms with E-state index in [0.29, 0.717) is 0 Å². The van der Waals surface area contributed by atoms with Gasteiger partial charge in [-0.05, 0) is 161 Å². The summed E-state index contributed by atoms with van der Waals surface area (Å²) < 4.78 is 41.6. The fourth-order valence-electron chi connectivity index (χ4n) is 10.1. The minimum atomic E-state index is -2.53. The van der Waals surface area contributed by atoms with Crippen molar-refractivity contribution in [3.63, 3.8) is 0 Å². The lowest BCUT2D eigenvalue weighted by molar-refractivity contribution is 0.00578. The second-order valence-electron chi connectivity index (χ2n) is 19.7. The summed E-state index contributed by atoms with van der Waals surface area (Å²) in [4.78, 5) is 0. The van der Waals surface area contributed by atoms with Gasteiger partial charge in [-0.15, -0.1) is 0 Å². The number of hydrogen-bond donors (Lipinski definition) is 0. The molecule has 0 bridgehead atoms. The molecule has 11 rings (SSSR count). The Labute approximate surface area is 479 Å². The summed E-state index contributed by atoms with van der Waals surface area (Å²) in [7, 11) is -5.40. The fourth-order valence-corrected chi connectivity index (χ4v) is 20.8. The summed E-state index contributed by atoms with van der Waals surface area (Å²) in [6, 6.07) is 92.5. The lowest BCUT2D eigenvalue weighted by atomic mass is 9.79. The van der Waals surface area contributed by atoms with E-state index in [-0.39, 0.29) is 30.0 Å². The Morgan fingerprint density at radius 2 is 0.658 bits per heavy atom. The van der Waals surface area contributed by atoms with Crippen molar-refractivity contribution in [2.24, 2.45) is 0 Å². The van der Waals surface area contributed by atoms with Gasteiger partial charge in [0.25, 0.3) is 0 Å². The first kappa shape index (κ1) is 54.9. The van der Waals surface area contributed by atoms with Crippen LogP contribution >= 0.6 is 54.5 Å². The number of rotatable bonds is 10. The highest BCUT2D eigenvalue weighted by molar-refractivity contribution is 14.1. The van der Waals surface area contributed by atoms with E-state index < -0.39 is 16.1 Å². The largest absolute Gasteiger partial charge is 0.494 e. The second kappa shape index (κ2) is 24.2. The standard InChI is InChI=1S/C30H31BO2Si.C30H22BrFSi.C6H3BrFI/c1-29(2)30(3,4)33-31(32-29)24-20-22-28(23-21-24)34(25-14-8-5-9-15-25,26-16-10-6-11-17-26)27-18-12-7-13-19-27;31-30-21-18-24(32)22-29(30)23-16-19-28(20-17-23)33(25-10-4-1-5-11-25,26-12-6-2-7-13-26)27-14-8-3-9-15-27;7-5-2-1-4(8)3-6(5)9/h5-23H,1-4H3;1-22H;1-3H. The summed E-state index contributed by atoms with van der Waals surface area (Å²) in [6.45, 7) is 8.39. The zero-order valence-corrected chi connectivity index (χ0v) is 50.0. The van der Waals surface area contributed by atoms with Crippen LogP contribution in [0.5, 0.6) is 0 Å². The highest BCUT2D eigenvalue weighted by atomic mass is 127. The zero-order chi connectivity index (χ0) is 53.3. The normalized spacial score (nSPS) is 13.7. The fraction of sp³-hybridized carbons (Fsp3) is 0.0909. The second-order valence-corrected chi connectivity index (χ2v) is 30.2. The van der Waals surface area contributed by atoms with E-state index in [1.165, 1.54) is 59.7 Å². The molecule has 76 heavy (non-hydrogen) atoms. The van der Waals surface area contributed by atoms with Crippen LogP contribution in [0, 0.1) is 15.2 Å². The summed E-state index contributed by atoms with van der Waals surface area (Å²) in [5.74, 6) is -0.429. The molecule has 1 saturated heterocycles. The Morgan fingerprint density at radius 3 is 0.974 bits per heavy atom. The van der Waals surface area contributed by atoms with Gasteiger partial charge in [-0.2, -0.15) is 0 Å². The molecule has 0 saturated carbocycles. The van der Waals surface area contributed by atoms with Crippen LogP contribution in [-0.4, -0.2) is 34.5 Å². The van der Waals surface area contributed by atoms with Gasteiger partial charge in [0.05, 0.1) is 11.2 Å². The molecule has 1 fully saturated rings. The van der Waals surface area contributed by atoms with Crippen LogP contribution in [0.1, 0.15) is 27.7 Å². The summed E-state index contributed by atoms with van der Waals surface area (Å²) >= 11 is 8.90. The zero-order valence-electron chi connectivity index (χ0n) is 42.7. The van der Waals surface area contributed by atoms with Crippen LogP contribution in [0.3, 0.4) is 0 Å². The molecular weight excluding hydrogens is 1220 g/mol. The van der Waals surface area contributed by atoms with E-state index in [1.807, 2.05) is 0 Å². The molecule has 0 spiro atoms. The van der Waals surface area contributed by atoms with Crippen molar-refractivity contribution >= 4 is 125 Å². The van der Waals surface area contributed by atoms with Gasteiger partial charge in [0, 0.05) is 12.5 Å². The maximum absolute atomic E-state index is 14.0. The monoisotopic (exact) mass is 1270 g/mol. The molecule has 10 heteroatoms. The van der Waals surface area contributed by atoms with Crippen molar-refractivity contribution in [2.75, 3.05) is 0 Å². The third kappa shape index (κ3) is 11.6. The highest BCUT2D eigenvalue weighted by Gasteiger charge is 2.52. The molecule has 10 aromatic carbocycles. The van der Waals surface area contributed by atoms with Gasteiger partial charge in [-0.1, -0.05) is 246 Å². The van der Waals surface area contributed by atoms with Crippen molar-refractivity contribution < 1.29 is 18.1 Å². The first-order valence-electron chi connectivity index (χ1n) is 25.2. The van der Waals surface area contributed by atoms with E-state index in [0.717, 1.165) is 29.1 Å². The third-order valence-corrected chi connectivity index (χ3v) is 27.2. The molecule has 0 unspecified atom stereocenters. The van der Waals surface area contributed by atoms with Gasteiger partial charge in [-0.25, -0.2) is 8.78 Å². The van der Waals surface area contributed by atoms with E-state index in [2.05, 4.69) is 313 Å². The predicted octanol–water partition coefficient (Wildman–Crippen LogP) is 12.2. The van der Waals surface area contributed by atoms with Crippen molar-refractivity contribution in [3.05, 3.63) is 291 Å². The van der Waals surface area contributed by atoms with Gasteiger partial charge in [0.1, 0.15) is 11.6 Å².